The second-order valence-corrected chi connectivity index (χ2v) is 2.54. The molecule has 0 unspecified atom stereocenters. The van der Waals surface area contributed by atoms with Crippen molar-refractivity contribution in [3.05, 3.63) is 18.1 Å². The predicted octanol–water partition coefficient (Wildman–Crippen LogP) is 1.60. The summed E-state index contributed by atoms with van der Waals surface area (Å²) in [4.78, 5) is 3.28. The van der Waals surface area contributed by atoms with Gasteiger partial charge in [-0.25, -0.2) is 0 Å². The average molecular weight is 433 g/mol. The van der Waals surface area contributed by atoms with Gasteiger partial charge in [0, 0.05) is 32.7 Å². The fourth-order valence-electron chi connectivity index (χ4n) is 0.102. The topological polar surface area (TPSA) is 12.4 Å². The van der Waals surface area contributed by atoms with Crippen LogP contribution < -0.4 is 0 Å². The van der Waals surface area contributed by atoms with E-state index < -0.39 is 0 Å². The first-order valence-electron chi connectivity index (χ1n) is 1.52. The van der Waals surface area contributed by atoms with Crippen molar-refractivity contribution in [2.24, 2.45) is 4.99 Å². The van der Waals surface area contributed by atoms with Gasteiger partial charge in [-0.05, 0) is 0 Å². The Morgan fingerprint density at radius 3 is 2.22 bits per heavy atom. The largest absolute Gasteiger partial charge is 0.358 e. The summed E-state index contributed by atoms with van der Waals surface area (Å²) in [5.41, 5.74) is 0. The van der Waals surface area contributed by atoms with Crippen LogP contribution in [0.2, 0.25) is 0 Å². The molecule has 0 aromatic rings. The van der Waals surface area contributed by atoms with Crippen LogP contribution in [0.1, 0.15) is 0 Å². The number of halogens is 1. The Kier molecular flexibility index (Phi) is 23.0. The SMILES string of the molecule is [CH-]=NC=C(Br)[CH]=[W].[CH3-].[Y]. The van der Waals surface area contributed by atoms with Gasteiger partial charge in [0.15, 0.2) is 0 Å². The fourth-order valence-corrected chi connectivity index (χ4v) is 0.438. The monoisotopic (exact) mass is 432 g/mol. The summed E-state index contributed by atoms with van der Waals surface area (Å²) in [5.74, 6) is 0. The zero-order valence-corrected chi connectivity index (χ0v) is 12.4. The van der Waals surface area contributed by atoms with Crippen molar-refractivity contribution in [3.63, 3.8) is 0 Å². The van der Waals surface area contributed by atoms with E-state index in [1.54, 1.807) is 6.20 Å². The molecule has 0 rings (SSSR count). The summed E-state index contributed by atoms with van der Waals surface area (Å²) in [6.07, 6.45) is 1.55. The minimum absolute atomic E-state index is 0. The van der Waals surface area contributed by atoms with Crippen LogP contribution >= 0.6 is 15.9 Å². The van der Waals surface area contributed by atoms with Crippen molar-refractivity contribution in [2.45, 2.75) is 0 Å². The molecule has 9 heavy (non-hydrogen) atoms. The Bertz CT molecular complexity index is 114. The second kappa shape index (κ2) is 12.2. The van der Waals surface area contributed by atoms with E-state index in [-0.39, 0.29) is 40.1 Å². The zero-order chi connectivity index (χ0) is 5.70. The number of aliphatic imine (C=N–C) groups is 1. The maximum atomic E-state index is 4.81. The van der Waals surface area contributed by atoms with Crippen LogP contribution in [-0.2, 0) is 52.1 Å². The average Bonchev–Trinajstić information content (AvgIpc) is 1.68. The van der Waals surface area contributed by atoms with E-state index >= 15 is 0 Å². The number of nitrogens with zero attached hydrogens (tertiary/aromatic N) is 1. The molecule has 4 heteroatoms. The van der Waals surface area contributed by atoms with Gasteiger partial charge in [0.05, 0.1) is 0 Å². The molecular formula is C5H6BrNWY-2. The first kappa shape index (κ1) is 16.9. The van der Waals surface area contributed by atoms with Crippen molar-refractivity contribution >= 4 is 27.0 Å². The van der Waals surface area contributed by atoms with E-state index in [1.165, 1.54) is 19.4 Å². The molecule has 0 amide bonds. The van der Waals surface area contributed by atoms with E-state index in [1.807, 2.05) is 4.40 Å². The van der Waals surface area contributed by atoms with E-state index in [4.69, 9.17) is 6.72 Å². The third-order valence-electron chi connectivity index (χ3n) is 0.310. The van der Waals surface area contributed by atoms with Crippen LogP contribution in [0.3, 0.4) is 0 Å². The van der Waals surface area contributed by atoms with Gasteiger partial charge in [-0.2, -0.15) is 0 Å². The fraction of sp³-hybridized carbons (Fsp3) is 0. The Balaban J connectivity index is -0.000000180. The third-order valence-corrected chi connectivity index (χ3v) is 2.85. The molecule has 0 heterocycles. The summed E-state index contributed by atoms with van der Waals surface area (Å²) in [6.45, 7) is 4.81. The molecule has 0 aliphatic heterocycles. The number of allylic oxidation sites excluding steroid dienone is 1. The summed E-state index contributed by atoms with van der Waals surface area (Å²) in [5, 5.41) is 0. The molecule has 0 fully saturated rings. The number of hydrogen-bond acceptors (Lipinski definition) is 1. The van der Waals surface area contributed by atoms with E-state index in [0.717, 1.165) is 4.48 Å². The first-order chi connectivity index (χ1) is 3.31. The second-order valence-electron chi connectivity index (χ2n) is 0.781. The first-order valence-corrected chi connectivity index (χ1v) is 4.01. The Labute approximate surface area is 101 Å². The van der Waals surface area contributed by atoms with Gasteiger partial charge in [0.25, 0.3) is 0 Å². The summed E-state index contributed by atoms with van der Waals surface area (Å²) >= 11 is 4.57. The van der Waals surface area contributed by atoms with E-state index in [9.17, 15) is 0 Å². The molecule has 0 aliphatic carbocycles. The Hall–Kier alpha value is 1.55. The molecular weight excluding hydrogens is 427 g/mol. The maximum absolute atomic E-state index is 4.81. The number of hydrogen-bond donors (Lipinski definition) is 0. The van der Waals surface area contributed by atoms with Crippen molar-refractivity contribution < 1.29 is 52.1 Å². The van der Waals surface area contributed by atoms with Crippen LogP contribution in [-0.4, -0.2) is 11.1 Å². The normalized spacial score (nSPS) is 8.33. The molecule has 0 aromatic heterocycles. The maximum Gasteiger partial charge on any atom is 0 e. The standard InChI is InChI=1S/C4H3BrN.CH3.W.Y/c1-4(5)3-6-2;;;/h1-3H;1H3;;/q2*-1;;. The molecule has 0 saturated carbocycles. The molecule has 0 bridgehead atoms. The van der Waals surface area contributed by atoms with Crippen LogP contribution in [0.25, 0.3) is 0 Å². The predicted molar refractivity (Wildman–Crippen MR) is 38.0 cm³/mol. The van der Waals surface area contributed by atoms with Crippen LogP contribution in [0.4, 0.5) is 0 Å². The Morgan fingerprint density at radius 1 is 1.67 bits per heavy atom. The van der Waals surface area contributed by atoms with Gasteiger partial charge in [-0.1, -0.05) is 0 Å². The van der Waals surface area contributed by atoms with E-state index in [2.05, 4.69) is 20.9 Å². The molecule has 0 aliphatic rings. The quantitative estimate of drug-likeness (QED) is 0.464. The molecule has 1 nitrogen and oxygen atoms in total. The van der Waals surface area contributed by atoms with Crippen LogP contribution in [0, 0.1) is 7.43 Å². The van der Waals surface area contributed by atoms with Gasteiger partial charge >= 0.3 is 62.1 Å². The van der Waals surface area contributed by atoms with Gasteiger partial charge in [0.1, 0.15) is 0 Å². The van der Waals surface area contributed by atoms with Crippen molar-refractivity contribution in [1.29, 1.82) is 0 Å². The van der Waals surface area contributed by atoms with Crippen molar-refractivity contribution in [1.82, 2.24) is 0 Å². The molecule has 0 spiro atoms. The molecule has 0 N–H and O–H groups in total. The third kappa shape index (κ3) is 12.7. The van der Waals surface area contributed by atoms with Gasteiger partial charge in [0.2, 0.25) is 0 Å². The van der Waals surface area contributed by atoms with Gasteiger partial charge in [-0.15, -0.1) is 0 Å². The molecule has 49 valence electrons. The minimum Gasteiger partial charge on any atom is -0.358 e. The van der Waals surface area contributed by atoms with E-state index in [0.29, 0.717) is 0 Å². The summed E-state index contributed by atoms with van der Waals surface area (Å²) < 4.78 is 2.88. The summed E-state index contributed by atoms with van der Waals surface area (Å²) in [7, 11) is 0. The number of rotatable bonds is 2. The molecule has 1 radical (unpaired) electrons. The smallest absolute Gasteiger partial charge is 0 e. The summed E-state index contributed by atoms with van der Waals surface area (Å²) in [6, 6.07) is 0. The molecule has 0 atom stereocenters. The van der Waals surface area contributed by atoms with Crippen molar-refractivity contribution in [3.8, 4) is 0 Å². The minimum atomic E-state index is 0. The molecule has 0 saturated heterocycles. The zero-order valence-electron chi connectivity index (χ0n) is 5.04. The Morgan fingerprint density at radius 2 is 2.11 bits per heavy atom. The van der Waals surface area contributed by atoms with Gasteiger partial charge in [-0.3, -0.25) is 0 Å². The van der Waals surface area contributed by atoms with Crippen LogP contribution in [0.5, 0.6) is 0 Å². The van der Waals surface area contributed by atoms with Crippen molar-refractivity contribution in [2.75, 3.05) is 0 Å². The van der Waals surface area contributed by atoms with Gasteiger partial charge < -0.3 is 7.43 Å². The molecule has 0 aromatic carbocycles. The van der Waals surface area contributed by atoms with Crippen LogP contribution in [0.15, 0.2) is 15.7 Å².